The van der Waals surface area contributed by atoms with Crippen LogP contribution in [0, 0.1) is 5.82 Å². The first-order valence-corrected chi connectivity index (χ1v) is 7.88. The summed E-state index contributed by atoms with van der Waals surface area (Å²) in [4.78, 5) is 23.7. The van der Waals surface area contributed by atoms with Gasteiger partial charge in [-0.05, 0) is 43.3 Å². The molecule has 0 aliphatic heterocycles. The van der Waals surface area contributed by atoms with Crippen LogP contribution in [0.25, 0.3) is 0 Å². The lowest BCUT2D eigenvalue weighted by Crippen LogP contribution is -2.22. The Bertz CT molecular complexity index is 776. The van der Waals surface area contributed by atoms with Crippen LogP contribution in [-0.2, 0) is 4.79 Å². The molecule has 5 nitrogen and oxygen atoms in total. The maximum atomic E-state index is 13.5. The number of nitrogens with one attached hydrogen (secondary N) is 2. The molecule has 0 fully saturated rings. The molecule has 0 saturated heterocycles. The summed E-state index contributed by atoms with van der Waals surface area (Å²) in [6.07, 6.45) is 0.00756. The number of carbonyl (C=O) groups is 2. The van der Waals surface area contributed by atoms with Crippen molar-refractivity contribution in [1.29, 1.82) is 0 Å². The molecule has 24 heavy (non-hydrogen) atoms. The fourth-order valence-electron chi connectivity index (χ4n) is 1.86. The summed E-state index contributed by atoms with van der Waals surface area (Å²) in [5, 5.41) is 6.53. The maximum Gasteiger partial charge on any atom is 0.274 e. The SMILES string of the molecule is CC(CC(=O)Nc1ccc(Br)cc1)=NNC(=O)c1ccccc1F. The number of rotatable bonds is 5. The van der Waals surface area contributed by atoms with Crippen molar-refractivity contribution in [2.75, 3.05) is 5.32 Å². The molecule has 0 unspecified atom stereocenters. The van der Waals surface area contributed by atoms with Gasteiger partial charge in [-0.2, -0.15) is 5.10 Å². The van der Waals surface area contributed by atoms with E-state index in [9.17, 15) is 14.0 Å². The van der Waals surface area contributed by atoms with E-state index in [0.717, 1.165) is 4.47 Å². The second-order valence-corrected chi connectivity index (χ2v) is 5.92. The summed E-state index contributed by atoms with van der Waals surface area (Å²) in [7, 11) is 0. The van der Waals surface area contributed by atoms with E-state index in [1.54, 1.807) is 25.1 Å². The van der Waals surface area contributed by atoms with Gasteiger partial charge in [-0.15, -0.1) is 0 Å². The molecule has 2 N–H and O–H groups in total. The Morgan fingerprint density at radius 2 is 1.79 bits per heavy atom. The van der Waals surface area contributed by atoms with Crippen molar-refractivity contribution in [3.05, 3.63) is 64.4 Å². The van der Waals surface area contributed by atoms with E-state index < -0.39 is 11.7 Å². The molecule has 2 aromatic carbocycles. The quantitative estimate of drug-likeness (QED) is 0.602. The van der Waals surface area contributed by atoms with Crippen LogP contribution in [0.15, 0.2) is 58.1 Å². The summed E-state index contributed by atoms with van der Waals surface area (Å²) >= 11 is 3.31. The lowest BCUT2D eigenvalue weighted by atomic mass is 10.2. The molecule has 0 aromatic heterocycles. The highest BCUT2D eigenvalue weighted by Gasteiger charge is 2.10. The van der Waals surface area contributed by atoms with E-state index >= 15 is 0 Å². The van der Waals surface area contributed by atoms with Gasteiger partial charge in [0.05, 0.1) is 12.0 Å². The number of benzene rings is 2. The third-order valence-corrected chi connectivity index (χ3v) is 3.54. The molecular formula is C17H15BrFN3O2. The predicted octanol–water partition coefficient (Wildman–Crippen LogP) is 3.72. The van der Waals surface area contributed by atoms with Crippen molar-refractivity contribution < 1.29 is 14.0 Å². The summed E-state index contributed by atoms with van der Waals surface area (Å²) in [6.45, 7) is 1.60. The van der Waals surface area contributed by atoms with Gasteiger partial charge < -0.3 is 5.32 Å². The molecule has 2 rings (SSSR count). The van der Waals surface area contributed by atoms with Crippen molar-refractivity contribution in [2.24, 2.45) is 5.10 Å². The molecule has 0 aliphatic carbocycles. The Hall–Kier alpha value is -2.54. The number of hydrazone groups is 1. The average Bonchev–Trinajstić information content (AvgIpc) is 2.55. The van der Waals surface area contributed by atoms with Crippen molar-refractivity contribution >= 4 is 39.1 Å². The van der Waals surface area contributed by atoms with E-state index in [4.69, 9.17) is 0 Å². The molecule has 124 valence electrons. The number of amides is 2. The Morgan fingerprint density at radius 3 is 2.46 bits per heavy atom. The second-order valence-electron chi connectivity index (χ2n) is 5.00. The zero-order valence-electron chi connectivity index (χ0n) is 12.8. The van der Waals surface area contributed by atoms with Crippen LogP contribution in [-0.4, -0.2) is 17.5 Å². The van der Waals surface area contributed by atoms with Gasteiger partial charge in [0.2, 0.25) is 5.91 Å². The average molecular weight is 392 g/mol. The standard InChI is InChI=1S/C17H15BrFN3O2/c1-11(10-16(23)20-13-8-6-12(18)7-9-13)21-22-17(24)14-4-2-3-5-15(14)19/h2-9H,10H2,1H3,(H,20,23)(H,22,24). The van der Waals surface area contributed by atoms with Gasteiger partial charge in [-0.3, -0.25) is 9.59 Å². The van der Waals surface area contributed by atoms with Crippen molar-refractivity contribution in [3.63, 3.8) is 0 Å². The molecule has 0 spiro atoms. The molecule has 2 aromatic rings. The van der Waals surface area contributed by atoms with Crippen LogP contribution in [0.2, 0.25) is 0 Å². The van der Waals surface area contributed by atoms with Gasteiger partial charge in [-0.25, -0.2) is 9.82 Å². The van der Waals surface area contributed by atoms with E-state index in [1.807, 2.05) is 12.1 Å². The Morgan fingerprint density at radius 1 is 1.12 bits per heavy atom. The number of halogens is 2. The van der Waals surface area contributed by atoms with Crippen molar-refractivity contribution in [3.8, 4) is 0 Å². The lowest BCUT2D eigenvalue weighted by Gasteiger charge is -2.06. The summed E-state index contributed by atoms with van der Waals surface area (Å²) < 4.78 is 14.4. The fourth-order valence-corrected chi connectivity index (χ4v) is 2.13. The molecule has 0 saturated carbocycles. The normalized spacial score (nSPS) is 11.0. The first-order chi connectivity index (χ1) is 11.5. The minimum absolute atomic E-state index is 0.00756. The Balaban J connectivity index is 1.89. The van der Waals surface area contributed by atoms with Gasteiger partial charge in [0.15, 0.2) is 0 Å². The highest BCUT2D eigenvalue weighted by Crippen LogP contribution is 2.14. The van der Waals surface area contributed by atoms with Crippen molar-refractivity contribution in [1.82, 2.24) is 5.43 Å². The third-order valence-electron chi connectivity index (χ3n) is 3.01. The highest BCUT2D eigenvalue weighted by atomic mass is 79.9. The number of anilines is 1. The van der Waals surface area contributed by atoms with Crippen LogP contribution in [0.3, 0.4) is 0 Å². The molecule has 0 atom stereocenters. The minimum atomic E-state index is -0.666. The van der Waals surface area contributed by atoms with E-state index in [0.29, 0.717) is 11.4 Å². The van der Waals surface area contributed by atoms with Gasteiger partial charge in [-0.1, -0.05) is 28.1 Å². The molecule has 2 amide bonds. The molecular weight excluding hydrogens is 377 g/mol. The van der Waals surface area contributed by atoms with Crippen LogP contribution >= 0.6 is 15.9 Å². The Labute approximate surface area is 147 Å². The van der Waals surface area contributed by atoms with Gasteiger partial charge >= 0.3 is 0 Å². The molecule has 0 aliphatic rings. The molecule has 7 heteroatoms. The largest absolute Gasteiger partial charge is 0.326 e. The summed E-state index contributed by atoms with van der Waals surface area (Å²) in [6, 6.07) is 12.7. The van der Waals surface area contributed by atoms with Crippen LogP contribution in [0.5, 0.6) is 0 Å². The van der Waals surface area contributed by atoms with Gasteiger partial charge in [0.1, 0.15) is 5.82 Å². The van der Waals surface area contributed by atoms with Crippen molar-refractivity contribution in [2.45, 2.75) is 13.3 Å². The monoisotopic (exact) mass is 391 g/mol. The number of nitrogens with zero attached hydrogens (tertiary/aromatic N) is 1. The molecule has 0 radical (unpaired) electrons. The molecule has 0 bridgehead atoms. The third kappa shape index (κ3) is 5.27. The lowest BCUT2D eigenvalue weighted by molar-refractivity contribution is -0.115. The fraction of sp³-hybridized carbons (Fsp3) is 0.118. The molecule has 0 heterocycles. The van der Waals surface area contributed by atoms with E-state index in [1.165, 1.54) is 18.2 Å². The number of hydrogen-bond acceptors (Lipinski definition) is 3. The topological polar surface area (TPSA) is 70.6 Å². The van der Waals surface area contributed by atoms with Crippen LogP contribution in [0.1, 0.15) is 23.7 Å². The number of hydrogen-bond donors (Lipinski definition) is 2. The first-order valence-electron chi connectivity index (χ1n) is 7.09. The summed E-state index contributed by atoms with van der Waals surface area (Å²) in [5.41, 5.74) is 3.19. The maximum absolute atomic E-state index is 13.5. The summed E-state index contributed by atoms with van der Waals surface area (Å²) in [5.74, 6) is -1.56. The minimum Gasteiger partial charge on any atom is -0.326 e. The van der Waals surface area contributed by atoms with Crippen LogP contribution < -0.4 is 10.7 Å². The second kappa shape index (κ2) is 8.35. The van der Waals surface area contributed by atoms with E-state index in [-0.39, 0.29) is 17.9 Å². The van der Waals surface area contributed by atoms with Gasteiger partial charge in [0.25, 0.3) is 5.91 Å². The highest BCUT2D eigenvalue weighted by molar-refractivity contribution is 9.10. The van der Waals surface area contributed by atoms with Crippen LogP contribution in [0.4, 0.5) is 10.1 Å². The Kier molecular flexibility index (Phi) is 6.20. The smallest absolute Gasteiger partial charge is 0.274 e. The van der Waals surface area contributed by atoms with E-state index in [2.05, 4.69) is 31.8 Å². The zero-order chi connectivity index (χ0) is 17.5. The number of carbonyl (C=O) groups excluding carboxylic acids is 2. The first kappa shape index (κ1) is 17.8. The van der Waals surface area contributed by atoms with Gasteiger partial charge in [0, 0.05) is 15.9 Å². The predicted molar refractivity (Wildman–Crippen MR) is 94.4 cm³/mol. The zero-order valence-corrected chi connectivity index (χ0v) is 14.4.